The van der Waals surface area contributed by atoms with Crippen LogP contribution in [0.5, 0.6) is 0 Å². The first kappa shape index (κ1) is 17.2. The van der Waals surface area contributed by atoms with E-state index >= 15 is 0 Å². The van der Waals surface area contributed by atoms with Gasteiger partial charge in [-0.2, -0.15) is 0 Å². The zero-order valence-corrected chi connectivity index (χ0v) is 15.8. The van der Waals surface area contributed by atoms with E-state index in [9.17, 15) is 9.59 Å². The summed E-state index contributed by atoms with van der Waals surface area (Å²) in [6.07, 6.45) is 5.03. The van der Waals surface area contributed by atoms with E-state index in [-0.39, 0.29) is 16.7 Å². The molecule has 2 aliphatic heterocycles. The molecule has 1 aromatic rings. The number of benzene rings is 1. The van der Waals surface area contributed by atoms with Crippen molar-refractivity contribution in [1.82, 2.24) is 9.80 Å². The second-order valence-electron chi connectivity index (χ2n) is 7.21. The molecule has 0 N–H and O–H groups in total. The van der Waals surface area contributed by atoms with E-state index in [4.69, 9.17) is 11.6 Å². The number of piperidine rings is 1. The summed E-state index contributed by atoms with van der Waals surface area (Å²) < 4.78 is 0. The van der Waals surface area contributed by atoms with Gasteiger partial charge in [-0.05, 0) is 49.9 Å². The summed E-state index contributed by atoms with van der Waals surface area (Å²) in [6, 6.07) is 7.14. The van der Waals surface area contributed by atoms with Crippen molar-refractivity contribution in [1.29, 1.82) is 0 Å². The molecule has 1 saturated carbocycles. The number of carbonyl (C=O) groups is 2. The molecule has 1 aliphatic carbocycles. The normalized spacial score (nSPS) is 22.9. The van der Waals surface area contributed by atoms with Crippen LogP contribution in [0.25, 0.3) is 0 Å². The molecule has 3 aliphatic rings. The zero-order valence-electron chi connectivity index (χ0n) is 14.2. The molecule has 0 atom stereocenters. The van der Waals surface area contributed by atoms with Gasteiger partial charge in [0.1, 0.15) is 0 Å². The maximum atomic E-state index is 13.0. The second-order valence-corrected chi connectivity index (χ2v) is 9.10. The van der Waals surface area contributed by atoms with Crippen molar-refractivity contribution in [2.45, 2.75) is 37.0 Å². The highest BCUT2D eigenvalue weighted by Crippen LogP contribution is 2.45. The lowest BCUT2D eigenvalue weighted by atomic mass is 9.84. The number of nitrogens with zero attached hydrogens (tertiary/aromatic N) is 2. The highest BCUT2D eigenvalue weighted by atomic mass is 35.5. The third kappa shape index (κ3) is 3.17. The second kappa shape index (κ2) is 6.84. The number of halogens is 1. The number of amides is 2. The highest BCUT2D eigenvalue weighted by molar-refractivity contribution is 8.00. The van der Waals surface area contributed by atoms with E-state index in [1.54, 1.807) is 24.3 Å². The van der Waals surface area contributed by atoms with E-state index < -0.39 is 0 Å². The van der Waals surface area contributed by atoms with Gasteiger partial charge in [-0.3, -0.25) is 9.59 Å². The van der Waals surface area contributed by atoms with Crippen LogP contribution in [-0.2, 0) is 4.79 Å². The molecule has 3 fully saturated rings. The van der Waals surface area contributed by atoms with Crippen molar-refractivity contribution in [3.8, 4) is 0 Å². The zero-order chi connectivity index (χ0) is 17.4. The predicted octanol–water partition coefficient (Wildman–Crippen LogP) is 3.65. The van der Waals surface area contributed by atoms with Gasteiger partial charge in [0.05, 0.1) is 4.87 Å². The Hall–Kier alpha value is -1.20. The fraction of sp³-hybridized carbons (Fsp3) is 0.579. The van der Waals surface area contributed by atoms with Crippen molar-refractivity contribution in [3.05, 3.63) is 34.9 Å². The van der Waals surface area contributed by atoms with Crippen molar-refractivity contribution >= 4 is 35.2 Å². The Morgan fingerprint density at radius 1 is 1.08 bits per heavy atom. The van der Waals surface area contributed by atoms with E-state index in [1.165, 1.54) is 6.42 Å². The molecule has 0 bridgehead atoms. The lowest BCUT2D eigenvalue weighted by Gasteiger charge is -2.45. The van der Waals surface area contributed by atoms with Crippen molar-refractivity contribution < 1.29 is 9.59 Å². The Morgan fingerprint density at radius 2 is 1.76 bits per heavy atom. The van der Waals surface area contributed by atoms with E-state index in [0.29, 0.717) is 16.5 Å². The summed E-state index contributed by atoms with van der Waals surface area (Å²) in [5.41, 5.74) is 0.694. The molecule has 0 radical (unpaired) electrons. The van der Waals surface area contributed by atoms with Crippen molar-refractivity contribution in [3.63, 3.8) is 0 Å². The first-order valence-electron chi connectivity index (χ1n) is 9.09. The molecule has 0 unspecified atom stereocenters. The Labute approximate surface area is 157 Å². The van der Waals surface area contributed by atoms with Gasteiger partial charge in [0.15, 0.2) is 0 Å². The van der Waals surface area contributed by atoms with Crippen LogP contribution in [0.1, 0.15) is 42.5 Å². The number of likely N-dealkylation sites (tertiary alicyclic amines) is 1. The molecule has 6 heteroatoms. The number of hydrogen-bond donors (Lipinski definition) is 0. The van der Waals surface area contributed by atoms with Crippen LogP contribution in [0.3, 0.4) is 0 Å². The predicted molar refractivity (Wildman–Crippen MR) is 101 cm³/mol. The largest absolute Gasteiger partial charge is 0.342 e. The quantitative estimate of drug-likeness (QED) is 0.788. The molecule has 4 rings (SSSR count). The monoisotopic (exact) mass is 378 g/mol. The van der Waals surface area contributed by atoms with Gasteiger partial charge < -0.3 is 9.80 Å². The van der Waals surface area contributed by atoms with Crippen molar-refractivity contribution in [2.24, 2.45) is 5.92 Å². The maximum Gasteiger partial charge on any atom is 0.254 e. The molecule has 1 spiro atoms. The maximum absolute atomic E-state index is 13.0. The average molecular weight is 379 g/mol. The minimum atomic E-state index is -0.146. The molecule has 1 aromatic carbocycles. The van der Waals surface area contributed by atoms with Gasteiger partial charge in [-0.15, -0.1) is 11.8 Å². The first-order chi connectivity index (χ1) is 12.1. The first-order valence-corrected chi connectivity index (χ1v) is 10.5. The van der Waals surface area contributed by atoms with Crippen LogP contribution in [0, 0.1) is 5.92 Å². The van der Waals surface area contributed by atoms with Gasteiger partial charge in [-0.1, -0.05) is 18.0 Å². The Balaban J connectivity index is 1.45. The van der Waals surface area contributed by atoms with Gasteiger partial charge >= 0.3 is 0 Å². The van der Waals surface area contributed by atoms with E-state index in [1.807, 2.05) is 21.6 Å². The van der Waals surface area contributed by atoms with Crippen LogP contribution >= 0.6 is 23.4 Å². The number of rotatable bonds is 2. The van der Waals surface area contributed by atoms with Crippen LogP contribution in [0.15, 0.2) is 24.3 Å². The summed E-state index contributed by atoms with van der Waals surface area (Å²) in [6.45, 7) is 2.32. The highest BCUT2D eigenvalue weighted by Gasteiger charge is 2.47. The van der Waals surface area contributed by atoms with Crippen LogP contribution < -0.4 is 0 Å². The average Bonchev–Trinajstić information content (AvgIpc) is 2.97. The number of carbonyl (C=O) groups excluding carboxylic acids is 2. The Kier molecular flexibility index (Phi) is 4.71. The number of thioether (sulfide) groups is 1. The minimum Gasteiger partial charge on any atom is -0.342 e. The Morgan fingerprint density at radius 3 is 2.36 bits per heavy atom. The molecule has 2 saturated heterocycles. The minimum absolute atomic E-state index is 0.0837. The standard InChI is InChI=1S/C19H23ClN2O2S/c20-16-6-4-15(5-7-16)18(24)22-12-13-25-19(22)8-10-21(11-9-19)17(23)14-2-1-3-14/h4-7,14H,1-3,8-13H2. The third-order valence-corrected chi connectivity index (χ3v) is 7.63. The van der Waals surface area contributed by atoms with Crippen LogP contribution in [-0.4, -0.2) is 51.9 Å². The smallest absolute Gasteiger partial charge is 0.254 e. The fourth-order valence-corrected chi connectivity index (χ4v) is 5.63. The molecule has 2 amide bonds. The summed E-state index contributed by atoms with van der Waals surface area (Å²) >= 11 is 7.82. The summed E-state index contributed by atoms with van der Waals surface area (Å²) in [7, 11) is 0. The topological polar surface area (TPSA) is 40.6 Å². The molecule has 25 heavy (non-hydrogen) atoms. The summed E-state index contributed by atoms with van der Waals surface area (Å²) in [4.78, 5) is 29.4. The third-order valence-electron chi connectivity index (χ3n) is 5.82. The molecule has 134 valence electrons. The Bertz CT molecular complexity index is 667. The molecule has 0 aromatic heterocycles. The lowest BCUT2D eigenvalue weighted by Crippen LogP contribution is -2.54. The lowest BCUT2D eigenvalue weighted by molar-refractivity contribution is -0.139. The van der Waals surface area contributed by atoms with Crippen molar-refractivity contribution in [2.75, 3.05) is 25.4 Å². The summed E-state index contributed by atoms with van der Waals surface area (Å²) in [5.74, 6) is 1.65. The molecule has 4 nitrogen and oxygen atoms in total. The van der Waals surface area contributed by atoms with Crippen LogP contribution in [0.4, 0.5) is 0 Å². The van der Waals surface area contributed by atoms with Gasteiger partial charge in [-0.25, -0.2) is 0 Å². The SMILES string of the molecule is O=C(C1CCC1)N1CCC2(CC1)SCCN2C(=O)c1ccc(Cl)cc1. The van der Waals surface area contributed by atoms with E-state index in [2.05, 4.69) is 0 Å². The molecular weight excluding hydrogens is 356 g/mol. The van der Waals surface area contributed by atoms with Crippen LogP contribution in [0.2, 0.25) is 5.02 Å². The molecule has 2 heterocycles. The van der Waals surface area contributed by atoms with Gasteiger partial charge in [0.2, 0.25) is 5.91 Å². The molecular formula is C19H23ClN2O2S. The number of hydrogen-bond acceptors (Lipinski definition) is 3. The van der Waals surface area contributed by atoms with Gasteiger partial charge in [0.25, 0.3) is 5.91 Å². The summed E-state index contributed by atoms with van der Waals surface area (Å²) in [5, 5.41) is 0.643. The fourth-order valence-electron chi connectivity index (χ4n) is 4.05. The van der Waals surface area contributed by atoms with Gasteiger partial charge in [0, 0.05) is 41.9 Å². The van der Waals surface area contributed by atoms with E-state index in [0.717, 1.165) is 51.1 Å².